The van der Waals surface area contributed by atoms with E-state index in [0.29, 0.717) is 32.0 Å². The van der Waals surface area contributed by atoms with Crippen molar-refractivity contribution in [1.29, 1.82) is 0 Å². The van der Waals surface area contributed by atoms with Crippen molar-refractivity contribution in [2.75, 3.05) is 40.4 Å². The van der Waals surface area contributed by atoms with Crippen LogP contribution < -0.4 is 10.6 Å². The third kappa shape index (κ3) is 9.25. The Morgan fingerprint density at radius 2 is 1.87 bits per heavy atom. The van der Waals surface area contributed by atoms with Crippen LogP contribution in [0.1, 0.15) is 58.3 Å². The number of carbonyl (C=O) groups is 4. The summed E-state index contributed by atoms with van der Waals surface area (Å²) >= 11 is 0. The van der Waals surface area contributed by atoms with Crippen LogP contribution in [-0.2, 0) is 23.9 Å². The normalized spacial score (nSPS) is 17.4. The summed E-state index contributed by atoms with van der Waals surface area (Å²) in [5, 5.41) is 5.27. The molecule has 4 amide bonds. The fourth-order valence-corrected chi connectivity index (χ4v) is 3.42. The largest absolute Gasteiger partial charge is 0.379 e. The predicted molar refractivity (Wildman–Crippen MR) is 116 cm³/mol. The molecule has 0 heterocycles. The maximum Gasteiger partial charge on any atom is 0.242 e. The van der Waals surface area contributed by atoms with Gasteiger partial charge in [-0.15, -0.1) is 0 Å². The summed E-state index contributed by atoms with van der Waals surface area (Å²) in [5.41, 5.74) is -0.315. The molecule has 0 aromatic carbocycles. The van der Waals surface area contributed by atoms with Crippen LogP contribution in [0.5, 0.6) is 0 Å². The summed E-state index contributed by atoms with van der Waals surface area (Å²) in [4.78, 5) is 49.5. The molecule has 1 atom stereocenters. The van der Waals surface area contributed by atoms with E-state index >= 15 is 0 Å². The average molecular weight is 439 g/mol. The number of hydrogen-bond acceptors (Lipinski definition) is 5. The first-order valence-corrected chi connectivity index (χ1v) is 11.3. The zero-order chi connectivity index (χ0) is 22.9. The van der Waals surface area contributed by atoms with E-state index in [4.69, 9.17) is 4.74 Å². The maximum atomic E-state index is 12.2. The molecule has 1 unspecified atom stereocenters. The first kappa shape index (κ1) is 25.1. The van der Waals surface area contributed by atoms with Crippen LogP contribution in [0, 0.1) is 5.92 Å². The second-order valence-electron chi connectivity index (χ2n) is 9.13. The highest BCUT2D eigenvalue weighted by Crippen LogP contribution is 2.35. The van der Waals surface area contributed by atoms with Crippen LogP contribution in [0.2, 0.25) is 0 Å². The third-order valence-electron chi connectivity index (χ3n) is 6.15. The van der Waals surface area contributed by atoms with Crippen molar-refractivity contribution < 1.29 is 23.9 Å². The van der Waals surface area contributed by atoms with Crippen LogP contribution in [0.4, 0.5) is 0 Å². The Bertz CT molecular complexity index is 633. The Labute approximate surface area is 185 Å². The number of amides is 4. The van der Waals surface area contributed by atoms with E-state index in [1.54, 1.807) is 0 Å². The molecule has 9 nitrogen and oxygen atoms in total. The van der Waals surface area contributed by atoms with Gasteiger partial charge < -0.3 is 25.2 Å². The van der Waals surface area contributed by atoms with E-state index in [1.807, 2.05) is 11.9 Å². The summed E-state index contributed by atoms with van der Waals surface area (Å²) < 4.78 is 5.79. The first-order valence-electron chi connectivity index (χ1n) is 11.3. The molecule has 2 fully saturated rings. The van der Waals surface area contributed by atoms with Crippen molar-refractivity contribution >= 4 is 24.1 Å². The Morgan fingerprint density at radius 3 is 2.48 bits per heavy atom. The summed E-state index contributed by atoms with van der Waals surface area (Å²) in [6.45, 7) is 3.02. The molecule has 0 aliphatic heterocycles. The Balaban J connectivity index is 1.54. The van der Waals surface area contributed by atoms with Gasteiger partial charge in [0.05, 0.1) is 25.2 Å². The molecule has 9 heteroatoms. The number of carbonyl (C=O) groups excluding carboxylic acids is 4. The summed E-state index contributed by atoms with van der Waals surface area (Å²) in [7, 11) is 3.43. The Hall–Kier alpha value is -2.16. The molecule has 2 N–H and O–H groups in total. The Kier molecular flexibility index (Phi) is 9.74. The zero-order valence-electron chi connectivity index (χ0n) is 19.2. The summed E-state index contributed by atoms with van der Waals surface area (Å²) in [6, 6.07) is 0.238. The van der Waals surface area contributed by atoms with E-state index in [-0.39, 0.29) is 42.4 Å². The van der Waals surface area contributed by atoms with Gasteiger partial charge in [0.15, 0.2) is 0 Å². The van der Waals surface area contributed by atoms with Crippen LogP contribution >= 0.6 is 0 Å². The van der Waals surface area contributed by atoms with Gasteiger partial charge in [-0.25, -0.2) is 0 Å². The van der Waals surface area contributed by atoms with Gasteiger partial charge in [0.1, 0.15) is 0 Å². The highest BCUT2D eigenvalue weighted by molar-refractivity contribution is 5.86. The number of unbranched alkanes of at least 4 members (excludes halogenated alkanes) is 1. The second kappa shape index (κ2) is 12.0. The zero-order valence-corrected chi connectivity index (χ0v) is 19.2. The van der Waals surface area contributed by atoms with E-state index in [2.05, 4.69) is 17.6 Å². The molecular formula is C22H38N4O5. The minimum Gasteiger partial charge on any atom is -0.379 e. The number of ether oxygens (including phenoxy) is 1. The molecule has 2 saturated carbocycles. The molecule has 0 spiro atoms. The number of hydrogen-bond donors (Lipinski definition) is 2. The topological polar surface area (TPSA) is 108 Å². The minimum absolute atomic E-state index is 0.0496. The predicted octanol–water partition coefficient (Wildman–Crippen LogP) is 0.674. The fraction of sp³-hybridized carbons (Fsp3) is 0.818. The van der Waals surface area contributed by atoms with Gasteiger partial charge in [-0.2, -0.15) is 0 Å². The number of nitrogens with one attached hydrogen (secondary N) is 2. The lowest BCUT2D eigenvalue weighted by atomic mass is 10.1. The fourth-order valence-electron chi connectivity index (χ4n) is 3.42. The second-order valence-corrected chi connectivity index (χ2v) is 9.13. The average Bonchev–Trinajstić information content (AvgIpc) is 3.66. The standard InChI is InChI=1S/C22H38N4O5/c1-17(26(3)20(29)12-18-7-8-18)6-4-5-11-31-15-22(9-10-22)24-19(28)14-25(2)21(30)13-23-16-27/h16-18H,4-15H2,1-3H3,(H,23,27)(H,24,28). The first-order chi connectivity index (χ1) is 14.8. The van der Waals surface area contributed by atoms with Gasteiger partial charge in [-0.1, -0.05) is 0 Å². The van der Waals surface area contributed by atoms with Gasteiger partial charge in [0.25, 0.3) is 0 Å². The number of likely N-dealkylation sites (N-methyl/N-ethyl adjacent to an activating group) is 1. The maximum absolute atomic E-state index is 12.2. The van der Waals surface area contributed by atoms with E-state index in [0.717, 1.165) is 32.1 Å². The molecule has 2 aliphatic rings. The van der Waals surface area contributed by atoms with Crippen LogP contribution in [0.15, 0.2) is 0 Å². The SMILES string of the molecule is CC(CCCCOCC1(NC(=O)CN(C)C(=O)CNC=O)CC1)N(C)C(=O)CC1CC1. The number of nitrogens with zero attached hydrogens (tertiary/aromatic N) is 2. The molecule has 2 rings (SSSR count). The van der Waals surface area contributed by atoms with Crippen LogP contribution in [0.25, 0.3) is 0 Å². The van der Waals surface area contributed by atoms with Crippen molar-refractivity contribution in [3.63, 3.8) is 0 Å². The molecule has 0 aromatic rings. The highest BCUT2D eigenvalue weighted by Gasteiger charge is 2.44. The van der Waals surface area contributed by atoms with Crippen LogP contribution in [-0.4, -0.2) is 85.9 Å². The van der Waals surface area contributed by atoms with Crippen molar-refractivity contribution in [2.45, 2.75) is 69.9 Å². The van der Waals surface area contributed by atoms with Crippen molar-refractivity contribution in [2.24, 2.45) is 5.92 Å². The highest BCUT2D eigenvalue weighted by atomic mass is 16.5. The lowest BCUT2D eigenvalue weighted by Crippen LogP contribution is -2.47. The van der Waals surface area contributed by atoms with Gasteiger partial charge in [0.2, 0.25) is 24.1 Å². The molecule has 2 aliphatic carbocycles. The molecule has 0 aromatic heterocycles. The van der Waals surface area contributed by atoms with Crippen molar-refractivity contribution in [3.8, 4) is 0 Å². The third-order valence-corrected chi connectivity index (χ3v) is 6.15. The van der Waals surface area contributed by atoms with Gasteiger partial charge in [-0.3, -0.25) is 19.2 Å². The molecule has 0 saturated heterocycles. The van der Waals surface area contributed by atoms with Gasteiger partial charge in [-0.05, 0) is 57.8 Å². The Morgan fingerprint density at radius 1 is 1.16 bits per heavy atom. The van der Waals surface area contributed by atoms with Gasteiger partial charge in [0, 0.05) is 33.2 Å². The monoisotopic (exact) mass is 438 g/mol. The summed E-state index contributed by atoms with van der Waals surface area (Å²) in [6.07, 6.45) is 8.14. The quantitative estimate of drug-likeness (QED) is 0.272. The minimum atomic E-state index is -0.322. The summed E-state index contributed by atoms with van der Waals surface area (Å²) in [5.74, 6) is 0.324. The molecule has 0 radical (unpaired) electrons. The number of rotatable bonds is 16. The van der Waals surface area contributed by atoms with Crippen LogP contribution in [0.3, 0.4) is 0 Å². The lowest BCUT2D eigenvalue weighted by molar-refractivity contribution is -0.135. The van der Waals surface area contributed by atoms with Crippen molar-refractivity contribution in [1.82, 2.24) is 20.4 Å². The molecular weight excluding hydrogens is 400 g/mol. The molecule has 176 valence electrons. The molecule has 31 heavy (non-hydrogen) atoms. The van der Waals surface area contributed by atoms with E-state index in [1.165, 1.54) is 24.8 Å². The van der Waals surface area contributed by atoms with E-state index in [9.17, 15) is 19.2 Å². The van der Waals surface area contributed by atoms with E-state index < -0.39 is 0 Å². The lowest BCUT2D eigenvalue weighted by Gasteiger charge is -2.25. The molecule has 0 bridgehead atoms. The van der Waals surface area contributed by atoms with Crippen molar-refractivity contribution in [3.05, 3.63) is 0 Å². The smallest absolute Gasteiger partial charge is 0.242 e. The van der Waals surface area contributed by atoms with Gasteiger partial charge >= 0.3 is 0 Å².